The minimum Gasteiger partial charge on any atom is -0.493 e. The molecule has 5 nitrogen and oxygen atoms in total. The fraction of sp³-hybridized carbons (Fsp3) is 0.417. The van der Waals surface area contributed by atoms with E-state index in [-0.39, 0.29) is 41.9 Å². The zero-order valence-electron chi connectivity index (χ0n) is 17.4. The predicted molar refractivity (Wildman–Crippen MR) is 110 cm³/mol. The van der Waals surface area contributed by atoms with Crippen LogP contribution in [-0.4, -0.2) is 36.0 Å². The zero-order chi connectivity index (χ0) is 22.0. The molecule has 2 aromatic carbocycles. The number of hydrogen-bond donors (Lipinski definition) is 0. The summed E-state index contributed by atoms with van der Waals surface area (Å²) >= 11 is 0. The number of rotatable bonds is 5. The van der Waals surface area contributed by atoms with E-state index in [1.54, 1.807) is 4.90 Å². The van der Waals surface area contributed by atoms with Crippen LogP contribution < -0.4 is 4.74 Å². The molecule has 2 atom stereocenters. The summed E-state index contributed by atoms with van der Waals surface area (Å²) in [7, 11) is 1.26. The van der Waals surface area contributed by atoms with Gasteiger partial charge < -0.3 is 14.4 Å². The quantitative estimate of drug-likeness (QED) is 0.619. The van der Waals surface area contributed by atoms with Gasteiger partial charge in [-0.15, -0.1) is 0 Å². The van der Waals surface area contributed by atoms with Gasteiger partial charge in [0.15, 0.2) is 17.3 Å². The molecule has 1 amide bonds. The van der Waals surface area contributed by atoms with Crippen molar-refractivity contribution in [2.45, 2.75) is 50.8 Å². The Morgan fingerprint density at radius 3 is 2.39 bits per heavy atom. The Morgan fingerprint density at radius 2 is 1.74 bits per heavy atom. The molecule has 0 aliphatic carbocycles. The van der Waals surface area contributed by atoms with Crippen molar-refractivity contribution in [1.29, 1.82) is 0 Å². The molecular weight excluding hydrogens is 404 g/mol. The number of nitrogens with zero attached hydrogens (tertiary/aromatic N) is 1. The van der Waals surface area contributed by atoms with Crippen molar-refractivity contribution in [3.63, 3.8) is 0 Å². The zero-order valence-corrected chi connectivity index (χ0v) is 17.4. The van der Waals surface area contributed by atoms with Crippen LogP contribution in [-0.2, 0) is 11.3 Å². The molecule has 2 unspecified atom stereocenters. The standard InChI is InChI=1S/C24H25F2NO4/c1-30-23-20(12-17(25)13-21(23)26)22(28)16-10-18-8-5-9-19(11-16)27(18)24(29)31-14-15-6-3-2-4-7-15/h2-4,6-7,12-13,16,18-19H,5,8-11,14H2,1H3. The summed E-state index contributed by atoms with van der Waals surface area (Å²) in [6, 6.07) is 10.9. The number of ketones is 1. The van der Waals surface area contributed by atoms with Gasteiger partial charge >= 0.3 is 6.09 Å². The molecule has 2 aliphatic rings. The fourth-order valence-corrected chi connectivity index (χ4v) is 4.86. The number of carbonyl (C=O) groups is 2. The maximum atomic E-state index is 14.1. The van der Waals surface area contributed by atoms with E-state index >= 15 is 0 Å². The summed E-state index contributed by atoms with van der Waals surface area (Å²) < 4.78 is 38.4. The van der Waals surface area contributed by atoms with Crippen LogP contribution in [0.3, 0.4) is 0 Å². The molecular formula is C24H25F2NO4. The first-order valence-electron chi connectivity index (χ1n) is 10.5. The molecule has 4 rings (SSSR count). The average Bonchev–Trinajstić information content (AvgIpc) is 2.76. The number of amides is 1. The average molecular weight is 429 g/mol. The number of hydrogen-bond acceptors (Lipinski definition) is 4. The second-order valence-electron chi connectivity index (χ2n) is 8.19. The van der Waals surface area contributed by atoms with Gasteiger partial charge in [-0.2, -0.15) is 0 Å². The molecule has 0 spiro atoms. The van der Waals surface area contributed by atoms with Crippen LogP contribution >= 0.6 is 0 Å². The van der Waals surface area contributed by atoms with Gasteiger partial charge in [-0.3, -0.25) is 4.79 Å². The molecule has 2 fully saturated rings. The molecule has 2 heterocycles. The van der Waals surface area contributed by atoms with Crippen LogP contribution in [0.2, 0.25) is 0 Å². The van der Waals surface area contributed by atoms with Crippen molar-refractivity contribution in [1.82, 2.24) is 4.90 Å². The van der Waals surface area contributed by atoms with Crippen molar-refractivity contribution in [2.24, 2.45) is 5.92 Å². The maximum absolute atomic E-state index is 14.1. The van der Waals surface area contributed by atoms with Gasteiger partial charge in [0, 0.05) is 24.1 Å². The lowest BCUT2D eigenvalue weighted by Crippen LogP contribution is -2.55. The van der Waals surface area contributed by atoms with Gasteiger partial charge in [-0.1, -0.05) is 30.3 Å². The Bertz CT molecular complexity index is 952. The van der Waals surface area contributed by atoms with E-state index in [2.05, 4.69) is 0 Å². The minimum atomic E-state index is -0.895. The molecule has 31 heavy (non-hydrogen) atoms. The predicted octanol–water partition coefficient (Wildman–Crippen LogP) is 5.13. The second-order valence-corrected chi connectivity index (χ2v) is 8.19. The number of benzene rings is 2. The van der Waals surface area contributed by atoms with E-state index in [4.69, 9.17) is 9.47 Å². The van der Waals surface area contributed by atoms with Gasteiger partial charge in [0.2, 0.25) is 0 Å². The Balaban J connectivity index is 1.48. The first kappa shape index (κ1) is 21.3. The van der Waals surface area contributed by atoms with Gasteiger partial charge in [-0.05, 0) is 43.7 Å². The molecule has 164 valence electrons. The Kier molecular flexibility index (Phi) is 6.20. The number of ether oxygens (including phenoxy) is 2. The number of piperidine rings is 2. The minimum absolute atomic E-state index is 0.0804. The van der Waals surface area contributed by atoms with Gasteiger partial charge in [-0.25, -0.2) is 13.6 Å². The van der Waals surface area contributed by atoms with Crippen LogP contribution in [0.1, 0.15) is 48.0 Å². The lowest BCUT2D eigenvalue weighted by atomic mass is 9.75. The second kappa shape index (κ2) is 9.04. The molecule has 0 saturated carbocycles. The third kappa shape index (κ3) is 4.40. The Labute approximate surface area is 179 Å². The number of fused-ring (bicyclic) bond motifs is 2. The monoisotopic (exact) mass is 429 g/mol. The van der Waals surface area contributed by atoms with E-state index < -0.39 is 17.6 Å². The first-order chi connectivity index (χ1) is 15.0. The molecule has 2 saturated heterocycles. The van der Waals surface area contributed by atoms with Crippen molar-refractivity contribution < 1.29 is 27.8 Å². The molecule has 0 N–H and O–H groups in total. The van der Waals surface area contributed by atoms with Crippen LogP contribution in [0.15, 0.2) is 42.5 Å². The van der Waals surface area contributed by atoms with Crippen molar-refractivity contribution in [2.75, 3.05) is 7.11 Å². The van der Waals surface area contributed by atoms with Crippen molar-refractivity contribution in [3.8, 4) is 5.75 Å². The van der Waals surface area contributed by atoms with Crippen molar-refractivity contribution >= 4 is 11.9 Å². The highest BCUT2D eigenvalue weighted by atomic mass is 19.1. The Hall–Kier alpha value is -2.96. The van der Waals surface area contributed by atoms with Crippen molar-refractivity contribution in [3.05, 3.63) is 65.2 Å². The summed E-state index contributed by atoms with van der Waals surface area (Å²) in [5, 5.41) is 0. The molecule has 2 aliphatic heterocycles. The summed E-state index contributed by atoms with van der Waals surface area (Å²) in [6.07, 6.45) is 3.02. The number of Topliss-reactive ketones (excluding diaryl/α,β-unsaturated/α-hetero) is 1. The molecule has 0 radical (unpaired) electrons. The van der Waals surface area contributed by atoms with Crippen LogP contribution in [0.25, 0.3) is 0 Å². The van der Waals surface area contributed by atoms with E-state index in [9.17, 15) is 18.4 Å². The molecule has 2 aromatic rings. The lowest BCUT2D eigenvalue weighted by molar-refractivity contribution is 0.00466. The number of halogens is 2. The van der Waals surface area contributed by atoms with E-state index in [1.807, 2.05) is 30.3 Å². The van der Waals surface area contributed by atoms with E-state index in [0.29, 0.717) is 18.9 Å². The molecule has 7 heteroatoms. The molecule has 2 bridgehead atoms. The van der Waals surface area contributed by atoms with Crippen LogP contribution in [0.4, 0.5) is 13.6 Å². The number of carbonyl (C=O) groups excluding carboxylic acids is 2. The molecule has 0 aromatic heterocycles. The van der Waals surface area contributed by atoms with Gasteiger partial charge in [0.1, 0.15) is 12.4 Å². The van der Waals surface area contributed by atoms with E-state index in [1.165, 1.54) is 7.11 Å². The maximum Gasteiger partial charge on any atom is 0.410 e. The van der Waals surface area contributed by atoms with Gasteiger partial charge in [0.05, 0.1) is 12.7 Å². The summed E-state index contributed by atoms with van der Waals surface area (Å²) in [5.41, 5.74) is 0.828. The van der Waals surface area contributed by atoms with E-state index in [0.717, 1.165) is 30.9 Å². The SMILES string of the molecule is COc1c(F)cc(F)cc1C(=O)C1CC2CCCC(C1)N2C(=O)OCc1ccccc1. The smallest absolute Gasteiger partial charge is 0.410 e. The summed E-state index contributed by atoms with van der Waals surface area (Å²) in [6.45, 7) is 0.192. The lowest BCUT2D eigenvalue weighted by Gasteiger charge is -2.47. The highest BCUT2D eigenvalue weighted by Crippen LogP contribution is 2.40. The Morgan fingerprint density at radius 1 is 1.06 bits per heavy atom. The summed E-state index contributed by atoms with van der Waals surface area (Å²) in [4.78, 5) is 27.7. The van der Waals surface area contributed by atoms with Gasteiger partial charge in [0.25, 0.3) is 0 Å². The van der Waals surface area contributed by atoms with Crippen LogP contribution in [0, 0.1) is 17.6 Å². The highest BCUT2D eigenvalue weighted by Gasteiger charge is 2.44. The van der Waals surface area contributed by atoms with Crippen LogP contribution in [0.5, 0.6) is 5.75 Å². The largest absolute Gasteiger partial charge is 0.493 e. The fourth-order valence-electron chi connectivity index (χ4n) is 4.86. The number of methoxy groups -OCH3 is 1. The highest BCUT2D eigenvalue weighted by molar-refractivity contribution is 6.00. The normalized spacial score (nSPS) is 22.7. The third-order valence-electron chi connectivity index (χ3n) is 6.24. The first-order valence-corrected chi connectivity index (χ1v) is 10.5. The topological polar surface area (TPSA) is 55.8 Å². The third-order valence-corrected chi connectivity index (χ3v) is 6.24. The summed E-state index contributed by atoms with van der Waals surface area (Å²) in [5.74, 6) is -2.72.